The van der Waals surface area contributed by atoms with Crippen molar-refractivity contribution in [3.8, 4) is 5.69 Å². The van der Waals surface area contributed by atoms with Crippen molar-refractivity contribution in [2.24, 2.45) is 0 Å². The molecule has 10 heteroatoms. The molecule has 0 atom stereocenters. The van der Waals surface area contributed by atoms with Gasteiger partial charge in [0.2, 0.25) is 5.91 Å². The molecule has 2 N–H and O–H groups in total. The summed E-state index contributed by atoms with van der Waals surface area (Å²) in [6.07, 6.45) is 4.06. The van der Waals surface area contributed by atoms with E-state index in [2.05, 4.69) is 15.6 Å². The third kappa shape index (κ3) is 4.84. The van der Waals surface area contributed by atoms with Gasteiger partial charge in [0, 0.05) is 15.9 Å². The predicted molar refractivity (Wildman–Crippen MR) is 129 cm³/mol. The number of nitrogens with zero attached hydrogens (tertiary/aromatic N) is 2. The van der Waals surface area contributed by atoms with Crippen LogP contribution in [-0.4, -0.2) is 33.3 Å². The molecule has 1 aliphatic carbocycles. The van der Waals surface area contributed by atoms with Gasteiger partial charge in [0.25, 0.3) is 5.56 Å². The standard InChI is InChI=1S/C22H23ClN4O3S2/c1-12-13(2)32-19-18(12)20(29)27(16-9-7-14(23)8-10-16)22(26-19)31-11-17(28)25-21(30)24-15-5-3-4-6-15/h7-10,15H,3-6,11H2,1-2H3,(H2,24,25,28,30). The van der Waals surface area contributed by atoms with Crippen LogP contribution in [0.2, 0.25) is 5.02 Å². The fraction of sp³-hybridized carbons (Fsp3) is 0.364. The smallest absolute Gasteiger partial charge is 0.321 e. The summed E-state index contributed by atoms with van der Waals surface area (Å²) in [5, 5.41) is 6.72. The van der Waals surface area contributed by atoms with Crippen LogP contribution >= 0.6 is 34.7 Å². The first-order valence-electron chi connectivity index (χ1n) is 10.4. The number of carbonyl (C=O) groups is 2. The zero-order valence-electron chi connectivity index (χ0n) is 17.7. The van der Waals surface area contributed by atoms with E-state index in [0.29, 0.717) is 26.1 Å². The van der Waals surface area contributed by atoms with E-state index < -0.39 is 11.9 Å². The van der Waals surface area contributed by atoms with Gasteiger partial charge in [-0.1, -0.05) is 36.2 Å². The number of aromatic nitrogens is 2. The zero-order valence-corrected chi connectivity index (χ0v) is 20.1. The number of nitrogens with one attached hydrogen (secondary N) is 2. The molecule has 7 nitrogen and oxygen atoms in total. The van der Waals surface area contributed by atoms with Crippen molar-refractivity contribution in [2.75, 3.05) is 5.75 Å². The lowest BCUT2D eigenvalue weighted by Gasteiger charge is -2.13. The SMILES string of the molecule is Cc1sc2nc(SCC(=O)NC(=O)NC3CCCC3)n(-c3ccc(Cl)cc3)c(=O)c2c1C. The number of fused-ring (bicyclic) bond motifs is 1. The molecular formula is C22H23ClN4O3S2. The fourth-order valence-corrected chi connectivity index (χ4v) is 5.78. The number of hydrogen-bond acceptors (Lipinski definition) is 6. The van der Waals surface area contributed by atoms with Gasteiger partial charge >= 0.3 is 6.03 Å². The van der Waals surface area contributed by atoms with Gasteiger partial charge in [0.05, 0.1) is 16.8 Å². The molecule has 0 spiro atoms. The Bertz CT molecular complexity index is 1230. The highest BCUT2D eigenvalue weighted by atomic mass is 35.5. The molecule has 168 valence electrons. The Morgan fingerprint density at radius 1 is 1.22 bits per heavy atom. The van der Waals surface area contributed by atoms with Gasteiger partial charge in [-0.15, -0.1) is 11.3 Å². The number of hydrogen-bond donors (Lipinski definition) is 2. The Kier molecular flexibility index (Phi) is 6.88. The molecule has 32 heavy (non-hydrogen) atoms. The first-order valence-corrected chi connectivity index (χ1v) is 12.5. The van der Waals surface area contributed by atoms with E-state index in [1.54, 1.807) is 24.3 Å². The minimum atomic E-state index is -0.481. The van der Waals surface area contributed by atoms with E-state index in [9.17, 15) is 14.4 Å². The second-order valence-electron chi connectivity index (χ2n) is 7.77. The van der Waals surface area contributed by atoms with Crippen molar-refractivity contribution in [3.05, 3.63) is 50.1 Å². The number of carbonyl (C=O) groups excluding carboxylic acids is 2. The quantitative estimate of drug-likeness (QED) is 0.403. The summed E-state index contributed by atoms with van der Waals surface area (Å²) < 4.78 is 1.49. The molecule has 1 saturated carbocycles. The van der Waals surface area contributed by atoms with Gasteiger partial charge in [-0.3, -0.25) is 19.5 Å². The molecule has 1 aliphatic rings. The number of rotatable bonds is 5. The normalized spacial score (nSPS) is 14.1. The van der Waals surface area contributed by atoms with Crippen LogP contribution < -0.4 is 16.2 Å². The molecule has 0 unspecified atom stereocenters. The number of thioether (sulfide) groups is 1. The minimum Gasteiger partial charge on any atom is -0.335 e. The highest BCUT2D eigenvalue weighted by molar-refractivity contribution is 7.99. The zero-order chi connectivity index (χ0) is 22.8. The summed E-state index contributed by atoms with van der Waals surface area (Å²) in [4.78, 5) is 44.2. The van der Waals surface area contributed by atoms with Crippen molar-refractivity contribution in [2.45, 2.75) is 50.7 Å². The molecule has 2 aromatic heterocycles. The molecule has 0 aliphatic heterocycles. The van der Waals surface area contributed by atoms with Gasteiger partial charge in [-0.25, -0.2) is 9.78 Å². The predicted octanol–water partition coefficient (Wildman–Crippen LogP) is 4.58. The summed E-state index contributed by atoms with van der Waals surface area (Å²) in [6, 6.07) is 6.53. The summed E-state index contributed by atoms with van der Waals surface area (Å²) in [5.41, 5.74) is 1.32. The van der Waals surface area contributed by atoms with Crippen LogP contribution in [0.25, 0.3) is 15.9 Å². The molecular weight excluding hydrogens is 468 g/mol. The van der Waals surface area contributed by atoms with Crippen molar-refractivity contribution >= 4 is 56.9 Å². The highest BCUT2D eigenvalue weighted by Gasteiger charge is 2.21. The van der Waals surface area contributed by atoms with Crippen LogP contribution in [0.4, 0.5) is 4.79 Å². The number of thiophene rings is 1. The molecule has 2 heterocycles. The van der Waals surface area contributed by atoms with Crippen LogP contribution in [0.3, 0.4) is 0 Å². The Hall–Kier alpha value is -2.36. The van der Waals surface area contributed by atoms with Gasteiger partial charge in [0.1, 0.15) is 4.83 Å². The molecule has 1 aromatic carbocycles. The average Bonchev–Trinajstić information content (AvgIpc) is 3.35. The molecule has 0 saturated heterocycles. The molecule has 4 rings (SSSR count). The Morgan fingerprint density at radius 3 is 2.59 bits per heavy atom. The van der Waals surface area contributed by atoms with E-state index in [1.165, 1.54) is 15.9 Å². The first-order chi connectivity index (χ1) is 15.3. The summed E-state index contributed by atoms with van der Waals surface area (Å²) in [5.74, 6) is -0.492. The van der Waals surface area contributed by atoms with Crippen LogP contribution in [0.15, 0.2) is 34.2 Å². The van der Waals surface area contributed by atoms with Crippen molar-refractivity contribution in [1.29, 1.82) is 0 Å². The average molecular weight is 491 g/mol. The third-order valence-electron chi connectivity index (χ3n) is 5.53. The molecule has 3 aromatic rings. The maximum atomic E-state index is 13.4. The maximum absolute atomic E-state index is 13.4. The lowest BCUT2D eigenvalue weighted by molar-refractivity contribution is -0.117. The van der Waals surface area contributed by atoms with Crippen molar-refractivity contribution in [3.63, 3.8) is 0 Å². The van der Waals surface area contributed by atoms with E-state index in [-0.39, 0.29) is 17.4 Å². The number of imide groups is 1. The minimum absolute atomic E-state index is 0.0486. The van der Waals surface area contributed by atoms with Crippen LogP contribution in [0.1, 0.15) is 36.1 Å². The molecule has 3 amide bonds. The van der Waals surface area contributed by atoms with E-state index in [1.807, 2.05) is 13.8 Å². The summed E-state index contributed by atoms with van der Waals surface area (Å²) in [7, 11) is 0. The van der Waals surface area contributed by atoms with Crippen LogP contribution in [-0.2, 0) is 4.79 Å². The second-order valence-corrected chi connectivity index (χ2v) is 10.3. The Balaban J connectivity index is 1.59. The van der Waals surface area contributed by atoms with Crippen LogP contribution in [0.5, 0.6) is 0 Å². The number of benzene rings is 1. The Labute approximate surface area is 198 Å². The third-order valence-corrected chi connectivity index (χ3v) is 7.82. The topological polar surface area (TPSA) is 93.1 Å². The lowest BCUT2D eigenvalue weighted by atomic mass is 10.2. The van der Waals surface area contributed by atoms with E-state index >= 15 is 0 Å². The monoisotopic (exact) mass is 490 g/mol. The maximum Gasteiger partial charge on any atom is 0.321 e. The Morgan fingerprint density at radius 2 is 1.91 bits per heavy atom. The number of amides is 3. The van der Waals surface area contributed by atoms with E-state index in [0.717, 1.165) is 47.9 Å². The molecule has 0 bridgehead atoms. The van der Waals surface area contributed by atoms with Crippen LogP contribution in [0, 0.1) is 13.8 Å². The highest BCUT2D eigenvalue weighted by Crippen LogP contribution is 2.29. The van der Waals surface area contributed by atoms with Crippen molar-refractivity contribution in [1.82, 2.24) is 20.2 Å². The number of halogens is 1. The van der Waals surface area contributed by atoms with Crippen molar-refractivity contribution < 1.29 is 9.59 Å². The largest absolute Gasteiger partial charge is 0.335 e. The van der Waals surface area contributed by atoms with E-state index in [4.69, 9.17) is 11.6 Å². The summed E-state index contributed by atoms with van der Waals surface area (Å²) in [6.45, 7) is 3.86. The van der Waals surface area contributed by atoms with Gasteiger partial charge < -0.3 is 5.32 Å². The molecule has 1 fully saturated rings. The first kappa shape index (κ1) is 22.8. The summed E-state index contributed by atoms with van der Waals surface area (Å²) >= 11 is 8.59. The van der Waals surface area contributed by atoms with Gasteiger partial charge in [-0.2, -0.15) is 0 Å². The molecule has 0 radical (unpaired) electrons. The van der Waals surface area contributed by atoms with Gasteiger partial charge in [-0.05, 0) is 56.5 Å². The van der Waals surface area contributed by atoms with Gasteiger partial charge in [0.15, 0.2) is 5.16 Å². The number of urea groups is 1. The second kappa shape index (κ2) is 9.64. The fourth-order valence-electron chi connectivity index (χ4n) is 3.77. The lowest BCUT2D eigenvalue weighted by Crippen LogP contribution is -2.44. The number of aryl methyl sites for hydroxylation is 2.